The van der Waals surface area contributed by atoms with Crippen LogP contribution in [0, 0.1) is 11.8 Å². The van der Waals surface area contributed by atoms with E-state index in [0.717, 1.165) is 17.7 Å². The smallest absolute Gasteiger partial charge is 0.226 e. The number of amides is 1. The largest absolute Gasteiger partial charge is 0.467 e. The molecule has 0 bridgehead atoms. The lowest BCUT2D eigenvalue weighted by molar-refractivity contribution is -0.134. The molecular weight excluding hydrogens is 250 g/mol. The Morgan fingerprint density at radius 3 is 2.55 bits per heavy atom. The molecule has 0 aliphatic heterocycles. The maximum absolute atomic E-state index is 12.5. The molecule has 3 rings (SSSR count). The lowest BCUT2D eigenvalue weighted by Crippen LogP contribution is -2.31. The Kier molecular flexibility index (Phi) is 3.59. The molecule has 0 N–H and O–H groups in total. The molecule has 0 unspecified atom stereocenters. The predicted octanol–water partition coefficient (Wildman–Crippen LogP) is 3.46. The molecule has 1 aromatic carbocycles. The number of carbonyl (C=O) groups excluding carboxylic acids is 1. The molecule has 0 spiro atoms. The molecule has 3 nitrogen and oxygen atoms in total. The van der Waals surface area contributed by atoms with Gasteiger partial charge in [0, 0.05) is 12.5 Å². The van der Waals surface area contributed by atoms with Gasteiger partial charge in [0.25, 0.3) is 0 Å². The summed E-state index contributed by atoms with van der Waals surface area (Å²) in [4.78, 5) is 14.4. The van der Waals surface area contributed by atoms with E-state index < -0.39 is 0 Å². The van der Waals surface area contributed by atoms with Gasteiger partial charge in [-0.2, -0.15) is 0 Å². The Morgan fingerprint density at radius 1 is 1.20 bits per heavy atom. The summed E-state index contributed by atoms with van der Waals surface area (Å²) in [6.45, 7) is 3.32. The van der Waals surface area contributed by atoms with Crippen LogP contribution in [0.5, 0.6) is 0 Å². The van der Waals surface area contributed by atoms with Gasteiger partial charge in [0.15, 0.2) is 0 Å². The van der Waals surface area contributed by atoms with Gasteiger partial charge in [0.2, 0.25) is 5.91 Å². The van der Waals surface area contributed by atoms with Gasteiger partial charge >= 0.3 is 0 Å². The summed E-state index contributed by atoms with van der Waals surface area (Å²) < 4.78 is 5.38. The standard InChI is InChI=1S/C17H19NO2/c1-13-10-16(13)17(19)18(12-15-8-5-9-20-15)11-14-6-3-2-4-7-14/h2-9,13,16H,10-12H2,1H3/t13-,16-/m1/s1. The number of hydrogen-bond donors (Lipinski definition) is 0. The zero-order valence-electron chi connectivity index (χ0n) is 11.7. The number of furan rings is 1. The van der Waals surface area contributed by atoms with Gasteiger partial charge < -0.3 is 9.32 Å². The van der Waals surface area contributed by atoms with Crippen LogP contribution < -0.4 is 0 Å². The minimum Gasteiger partial charge on any atom is -0.467 e. The summed E-state index contributed by atoms with van der Waals surface area (Å²) in [6.07, 6.45) is 2.67. The molecule has 2 aromatic rings. The monoisotopic (exact) mass is 269 g/mol. The van der Waals surface area contributed by atoms with Gasteiger partial charge in [0.05, 0.1) is 12.8 Å². The molecule has 1 aliphatic rings. The summed E-state index contributed by atoms with van der Waals surface area (Å²) >= 11 is 0. The Hall–Kier alpha value is -2.03. The van der Waals surface area contributed by atoms with E-state index in [9.17, 15) is 4.79 Å². The normalized spacial score (nSPS) is 20.6. The first kappa shape index (κ1) is 13.0. The van der Waals surface area contributed by atoms with Crippen molar-refractivity contribution in [2.75, 3.05) is 0 Å². The minimum absolute atomic E-state index is 0.202. The highest BCUT2D eigenvalue weighted by Gasteiger charge is 2.41. The zero-order chi connectivity index (χ0) is 13.9. The number of nitrogens with zero attached hydrogens (tertiary/aromatic N) is 1. The quantitative estimate of drug-likeness (QED) is 0.832. The molecule has 1 heterocycles. The van der Waals surface area contributed by atoms with Gasteiger partial charge in [-0.15, -0.1) is 0 Å². The fourth-order valence-corrected chi connectivity index (χ4v) is 2.51. The Morgan fingerprint density at radius 2 is 1.95 bits per heavy atom. The number of carbonyl (C=O) groups is 1. The van der Waals surface area contributed by atoms with Crippen LogP contribution in [0.1, 0.15) is 24.7 Å². The highest BCUT2D eigenvalue weighted by molar-refractivity contribution is 5.81. The maximum atomic E-state index is 12.5. The Bertz CT molecular complexity index is 562. The van der Waals surface area contributed by atoms with Crippen molar-refractivity contribution in [3.63, 3.8) is 0 Å². The van der Waals surface area contributed by atoms with E-state index in [4.69, 9.17) is 4.42 Å². The lowest BCUT2D eigenvalue weighted by atomic mass is 10.2. The highest BCUT2D eigenvalue weighted by Crippen LogP contribution is 2.39. The summed E-state index contributed by atoms with van der Waals surface area (Å²) in [6, 6.07) is 13.9. The third-order valence-corrected chi connectivity index (χ3v) is 3.88. The topological polar surface area (TPSA) is 33.5 Å². The van der Waals surface area contributed by atoms with Crippen molar-refractivity contribution in [2.45, 2.75) is 26.4 Å². The van der Waals surface area contributed by atoms with E-state index >= 15 is 0 Å². The van der Waals surface area contributed by atoms with E-state index in [0.29, 0.717) is 19.0 Å². The molecule has 2 atom stereocenters. The van der Waals surface area contributed by atoms with Crippen molar-refractivity contribution in [2.24, 2.45) is 11.8 Å². The van der Waals surface area contributed by atoms with Gasteiger partial charge in [-0.05, 0) is 30.0 Å². The first-order chi connectivity index (χ1) is 9.74. The van der Waals surface area contributed by atoms with Crippen LogP contribution in [-0.2, 0) is 17.9 Å². The minimum atomic E-state index is 0.202. The molecule has 1 fully saturated rings. The molecule has 0 radical (unpaired) electrons. The van der Waals surface area contributed by atoms with Crippen molar-refractivity contribution in [1.82, 2.24) is 4.90 Å². The fourth-order valence-electron chi connectivity index (χ4n) is 2.51. The van der Waals surface area contributed by atoms with Crippen LogP contribution in [0.2, 0.25) is 0 Å². The third kappa shape index (κ3) is 2.93. The predicted molar refractivity (Wildman–Crippen MR) is 76.7 cm³/mol. The average Bonchev–Trinajstić information content (AvgIpc) is 2.98. The molecule has 1 saturated carbocycles. The Balaban J connectivity index is 1.74. The molecule has 1 amide bonds. The molecule has 1 aliphatic carbocycles. The molecular formula is C17H19NO2. The van der Waals surface area contributed by atoms with E-state index in [1.165, 1.54) is 0 Å². The van der Waals surface area contributed by atoms with E-state index in [2.05, 4.69) is 19.1 Å². The SMILES string of the molecule is C[C@@H]1C[C@H]1C(=O)N(Cc1ccccc1)Cc1ccco1. The maximum Gasteiger partial charge on any atom is 0.226 e. The molecule has 20 heavy (non-hydrogen) atoms. The van der Waals surface area contributed by atoms with Crippen molar-refractivity contribution in [3.05, 3.63) is 60.1 Å². The van der Waals surface area contributed by atoms with Crippen LogP contribution in [0.15, 0.2) is 53.1 Å². The van der Waals surface area contributed by atoms with Gasteiger partial charge in [0.1, 0.15) is 5.76 Å². The van der Waals surface area contributed by atoms with Crippen LogP contribution >= 0.6 is 0 Å². The van der Waals surface area contributed by atoms with Crippen LogP contribution in [0.3, 0.4) is 0 Å². The number of hydrogen-bond acceptors (Lipinski definition) is 2. The molecule has 104 valence electrons. The zero-order valence-corrected chi connectivity index (χ0v) is 11.7. The van der Waals surface area contributed by atoms with E-state index in [1.807, 2.05) is 35.2 Å². The second-order valence-corrected chi connectivity index (χ2v) is 5.58. The summed E-state index contributed by atoms with van der Waals surface area (Å²) in [7, 11) is 0. The van der Waals surface area contributed by atoms with Gasteiger partial charge in [-0.1, -0.05) is 37.3 Å². The number of rotatable bonds is 5. The molecule has 3 heteroatoms. The van der Waals surface area contributed by atoms with E-state index in [-0.39, 0.29) is 11.8 Å². The second-order valence-electron chi connectivity index (χ2n) is 5.58. The highest BCUT2D eigenvalue weighted by atomic mass is 16.3. The lowest BCUT2D eigenvalue weighted by Gasteiger charge is -2.22. The molecule has 1 aromatic heterocycles. The second kappa shape index (κ2) is 5.53. The fraction of sp³-hybridized carbons (Fsp3) is 0.353. The summed E-state index contributed by atoms with van der Waals surface area (Å²) in [5, 5.41) is 0. The first-order valence-electron chi connectivity index (χ1n) is 7.09. The number of benzene rings is 1. The van der Waals surface area contributed by atoms with Crippen molar-refractivity contribution in [1.29, 1.82) is 0 Å². The van der Waals surface area contributed by atoms with Crippen LogP contribution in [0.4, 0.5) is 0 Å². The van der Waals surface area contributed by atoms with Crippen molar-refractivity contribution < 1.29 is 9.21 Å². The van der Waals surface area contributed by atoms with Crippen molar-refractivity contribution in [3.8, 4) is 0 Å². The Labute approximate surface area is 119 Å². The molecule has 0 saturated heterocycles. The van der Waals surface area contributed by atoms with Crippen LogP contribution in [-0.4, -0.2) is 10.8 Å². The summed E-state index contributed by atoms with van der Waals surface area (Å²) in [5.41, 5.74) is 1.15. The van der Waals surface area contributed by atoms with Crippen molar-refractivity contribution >= 4 is 5.91 Å². The average molecular weight is 269 g/mol. The third-order valence-electron chi connectivity index (χ3n) is 3.88. The first-order valence-corrected chi connectivity index (χ1v) is 7.09. The van der Waals surface area contributed by atoms with E-state index in [1.54, 1.807) is 6.26 Å². The summed E-state index contributed by atoms with van der Waals surface area (Å²) in [5.74, 6) is 1.81. The van der Waals surface area contributed by atoms with Gasteiger partial charge in [-0.3, -0.25) is 4.79 Å². The van der Waals surface area contributed by atoms with Crippen LogP contribution in [0.25, 0.3) is 0 Å². The van der Waals surface area contributed by atoms with Gasteiger partial charge in [-0.25, -0.2) is 0 Å².